The number of hydrogen-bond donors (Lipinski definition) is 1. The number of hydrogen-bond acceptors (Lipinski definition) is 2. The van der Waals surface area contributed by atoms with Gasteiger partial charge in [-0.15, -0.1) is 0 Å². The van der Waals surface area contributed by atoms with Gasteiger partial charge in [0.2, 0.25) is 0 Å². The lowest BCUT2D eigenvalue weighted by Gasteiger charge is -2.02. The van der Waals surface area contributed by atoms with Crippen LogP contribution in [0, 0.1) is 6.92 Å². The molecule has 0 radical (unpaired) electrons. The Balaban J connectivity index is 3.16. The fraction of sp³-hybridized carbons (Fsp3) is 0.222. The summed E-state index contributed by atoms with van der Waals surface area (Å²) in [6, 6.07) is 3.94. The predicted molar refractivity (Wildman–Crippen MR) is 47.0 cm³/mol. The molecule has 1 aromatic heterocycles. The Bertz CT molecular complexity index is 266. The van der Waals surface area contributed by atoms with E-state index in [1.807, 2.05) is 19.1 Å². The van der Waals surface area contributed by atoms with E-state index in [0.717, 1.165) is 17.0 Å². The van der Waals surface area contributed by atoms with Crippen molar-refractivity contribution >= 4 is 6.08 Å². The van der Waals surface area contributed by atoms with E-state index in [2.05, 4.69) is 11.6 Å². The smallest absolute Gasteiger partial charge is 0.0614 e. The first-order valence-electron chi connectivity index (χ1n) is 3.57. The van der Waals surface area contributed by atoms with Crippen LogP contribution in [0.25, 0.3) is 6.08 Å². The highest BCUT2D eigenvalue weighted by Gasteiger charge is 1.97. The topological polar surface area (TPSA) is 38.9 Å². The van der Waals surface area contributed by atoms with Gasteiger partial charge in [0.1, 0.15) is 0 Å². The van der Waals surface area contributed by atoms with E-state index in [-0.39, 0.29) is 0 Å². The van der Waals surface area contributed by atoms with Crippen molar-refractivity contribution in [3.63, 3.8) is 0 Å². The van der Waals surface area contributed by atoms with Gasteiger partial charge in [-0.05, 0) is 18.6 Å². The average molecular weight is 148 g/mol. The molecule has 0 unspecified atom stereocenters. The first-order valence-corrected chi connectivity index (χ1v) is 3.57. The average Bonchev–Trinajstić information content (AvgIpc) is 2.04. The van der Waals surface area contributed by atoms with E-state index in [4.69, 9.17) is 5.73 Å². The molecule has 0 aromatic carbocycles. The number of aromatic nitrogens is 1. The van der Waals surface area contributed by atoms with Crippen LogP contribution in [0.5, 0.6) is 0 Å². The van der Waals surface area contributed by atoms with Gasteiger partial charge >= 0.3 is 0 Å². The summed E-state index contributed by atoms with van der Waals surface area (Å²) in [6.45, 7) is 6.10. The monoisotopic (exact) mass is 148 g/mol. The van der Waals surface area contributed by atoms with Crippen molar-refractivity contribution in [1.82, 2.24) is 4.98 Å². The molecule has 11 heavy (non-hydrogen) atoms. The predicted octanol–water partition coefficient (Wildman–Crippen LogP) is 1.49. The largest absolute Gasteiger partial charge is 0.325 e. The SMILES string of the molecule is C=Cc1ccc(C)nc1CN. The van der Waals surface area contributed by atoms with Crippen LogP contribution in [0.15, 0.2) is 18.7 Å². The van der Waals surface area contributed by atoms with Gasteiger partial charge in [0.25, 0.3) is 0 Å². The van der Waals surface area contributed by atoms with Crippen molar-refractivity contribution in [2.75, 3.05) is 0 Å². The summed E-state index contributed by atoms with van der Waals surface area (Å²) in [7, 11) is 0. The van der Waals surface area contributed by atoms with Crippen LogP contribution < -0.4 is 5.73 Å². The summed E-state index contributed by atoms with van der Waals surface area (Å²) in [5, 5.41) is 0. The third kappa shape index (κ3) is 1.65. The van der Waals surface area contributed by atoms with Gasteiger partial charge in [0, 0.05) is 12.2 Å². The van der Waals surface area contributed by atoms with Gasteiger partial charge in [-0.3, -0.25) is 4.98 Å². The maximum Gasteiger partial charge on any atom is 0.0614 e. The molecule has 0 aliphatic heterocycles. The lowest BCUT2D eigenvalue weighted by molar-refractivity contribution is 0.964. The molecule has 0 amide bonds. The van der Waals surface area contributed by atoms with Gasteiger partial charge in [-0.25, -0.2) is 0 Å². The lowest BCUT2D eigenvalue weighted by Crippen LogP contribution is -2.02. The minimum atomic E-state index is 0.475. The minimum Gasteiger partial charge on any atom is -0.325 e. The molecule has 0 aliphatic carbocycles. The minimum absolute atomic E-state index is 0.475. The Hall–Kier alpha value is -1.15. The van der Waals surface area contributed by atoms with Crippen molar-refractivity contribution < 1.29 is 0 Å². The third-order valence-electron chi connectivity index (χ3n) is 1.56. The Kier molecular flexibility index (Phi) is 2.39. The third-order valence-corrected chi connectivity index (χ3v) is 1.56. The highest BCUT2D eigenvalue weighted by molar-refractivity contribution is 5.49. The maximum absolute atomic E-state index is 5.48. The van der Waals surface area contributed by atoms with Crippen LogP contribution in [0.2, 0.25) is 0 Å². The van der Waals surface area contributed by atoms with Crippen molar-refractivity contribution in [1.29, 1.82) is 0 Å². The van der Waals surface area contributed by atoms with E-state index < -0.39 is 0 Å². The van der Waals surface area contributed by atoms with E-state index >= 15 is 0 Å². The number of rotatable bonds is 2. The summed E-state index contributed by atoms with van der Waals surface area (Å²) in [5.74, 6) is 0. The first-order chi connectivity index (χ1) is 5.27. The zero-order chi connectivity index (χ0) is 8.27. The number of pyridine rings is 1. The van der Waals surface area contributed by atoms with Crippen LogP contribution in [0.1, 0.15) is 17.0 Å². The standard InChI is InChI=1S/C9H12N2/c1-3-8-5-4-7(2)11-9(8)6-10/h3-5H,1,6,10H2,2H3. The van der Waals surface area contributed by atoms with Crippen LogP contribution in [-0.4, -0.2) is 4.98 Å². The second-order valence-electron chi connectivity index (χ2n) is 2.40. The zero-order valence-electron chi connectivity index (χ0n) is 6.67. The highest BCUT2D eigenvalue weighted by atomic mass is 14.7. The van der Waals surface area contributed by atoms with Gasteiger partial charge in [-0.1, -0.05) is 18.7 Å². The summed E-state index contributed by atoms with van der Waals surface area (Å²) in [6.07, 6.45) is 1.77. The van der Waals surface area contributed by atoms with Crippen molar-refractivity contribution in [2.24, 2.45) is 5.73 Å². The van der Waals surface area contributed by atoms with Gasteiger partial charge < -0.3 is 5.73 Å². The molecule has 0 fully saturated rings. The molecule has 0 bridgehead atoms. The van der Waals surface area contributed by atoms with Crippen LogP contribution >= 0.6 is 0 Å². The fourth-order valence-electron chi connectivity index (χ4n) is 0.971. The van der Waals surface area contributed by atoms with Gasteiger partial charge in [0.15, 0.2) is 0 Å². The van der Waals surface area contributed by atoms with Gasteiger partial charge in [-0.2, -0.15) is 0 Å². The Morgan fingerprint density at radius 1 is 1.64 bits per heavy atom. The van der Waals surface area contributed by atoms with Crippen LogP contribution in [0.4, 0.5) is 0 Å². The molecule has 0 saturated carbocycles. The molecule has 2 N–H and O–H groups in total. The number of nitrogens with zero attached hydrogens (tertiary/aromatic N) is 1. The lowest BCUT2D eigenvalue weighted by atomic mass is 10.2. The molecular weight excluding hydrogens is 136 g/mol. The van der Waals surface area contributed by atoms with E-state index in [9.17, 15) is 0 Å². The first kappa shape index (κ1) is 7.95. The van der Waals surface area contributed by atoms with Crippen molar-refractivity contribution in [3.05, 3.63) is 35.7 Å². The van der Waals surface area contributed by atoms with Crippen LogP contribution in [-0.2, 0) is 6.54 Å². The fourth-order valence-corrected chi connectivity index (χ4v) is 0.971. The Morgan fingerprint density at radius 3 is 2.91 bits per heavy atom. The molecule has 0 atom stereocenters. The number of nitrogens with two attached hydrogens (primary N) is 1. The molecule has 0 spiro atoms. The van der Waals surface area contributed by atoms with Crippen molar-refractivity contribution in [2.45, 2.75) is 13.5 Å². The maximum atomic E-state index is 5.48. The molecule has 1 heterocycles. The summed E-state index contributed by atoms with van der Waals surface area (Å²) >= 11 is 0. The second-order valence-corrected chi connectivity index (χ2v) is 2.40. The summed E-state index contributed by atoms with van der Waals surface area (Å²) in [4.78, 5) is 4.27. The number of aryl methyl sites for hydroxylation is 1. The molecule has 58 valence electrons. The molecule has 2 nitrogen and oxygen atoms in total. The molecule has 0 aliphatic rings. The summed E-state index contributed by atoms with van der Waals surface area (Å²) < 4.78 is 0. The normalized spacial score (nSPS) is 9.64. The zero-order valence-corrected chi connectivity index (χ0v) is 6.67. The molecule has 1 rings (SSSR count). The quantitative estimate of drug-likeness (QED) is 0.690. The highest BCUT2D eigenvalue weighted by Crippen LogP contribution is 2.07. The van der Waals surface area contributed by atoms with E-state index in [1.165, 1.54) is 0 Å². The van der Waals surface area contributed by atoms with Crippen LogP contribution in [0.3, 0.4) is 0 Å². The van der Waals surface area contributed by atoms with Gasteiger partial charge in [0.05, 0.1) is 5.69 Å². The Labute approximate surface area is 66.8 Å². The second kappa shape index (κ2) is 3.30. The summed E-state index contributed by atoms with van der Waals surface area (Å²) in [5.41, 5.74) is 8.42. The molecule has 0 saturated heterocycles. The molecule has 1 aromatic rings. The molecule has 2 heteroatoms. The van der Waals surface area contributed by atoms with Crippen molar-refractivity contribution in [3.8, 4) is 0 Å². The molecular formula is C9H12N2. The van der Waals surface area contributed by atoms with E-state index in [1.54, 1.807) is 6.08 Å². The van der Waals surface area contributed by atoms with E-state index in [0.29, 0.717) is 6.54 Å². The Morgan fingerprint density at radius 2 is 2.36 bits per heavy atom.